The number of hydrogen-bond donors (Lipinski definition) is 0. The normalized spacial score (nSPS) is 21.4. The average Bonchev–Trinajstić information content (AvgIpc) is 2.26. The van der Waals surface area contributed by atoms with Crippen molar-refractivity contribution >= 4 is 37.8 Å². The number of esters is 1. The SMILES string of the molecule is C/C=C1\OC(=O)C(CBr)=C1Br. The molecule has 0 amide bonds. The molecule has 1 aliphatic heterocycles. The summed E-state index contributed by atoms with van der Waals surface area (Å²) in [6.07, 6.45) is 1.75. The van der Waals surface area contributed by atoms with Crippen LogP contribution in [-0.2, 0) is 9.53 Å². The third kappa shape index (κ3) is 1.56. The molecule has 0 radical (unpaired) electrons. The predicted octanol–water partition coefficient (Wildman–Crippen LogP) is 2.49. The number of alkyl halides is 1. The summed E-state index contributed by atoms with van der Waals surface area (Å²) in [5, 5.41) is 0.518. The van der Waals surface area contributed by atoms with Crippen LogP contribution in [0.1, 0.15) is 6.92 Å². The Kier molecular flexibility index (Phi) is 2.90. The lowest BCUT2D eigenvalue weighted by Crippen LogP contribution is -1.98. The van der Waals surface area contributed by atoms with Crippen molar-refractivity contribution in [2.75, 3.05) is 5.33 Å². The summed E-state index contributed by atoms with van der Waals surface area (Å²) in [6, 6.07) is 0. The minimum atomic E-state index is -0.276. The first kappa shape index (κ1) is 9.00. The second-order valence-electron chi connectivity index (χ2n) is 1.97. The fraction of sp³-hybridized carbons (Fsp3) is 0.286. The van der Waals surface area contributed by atoms with E-state index in [1.54, 1.807) is 6.08 Å². The molecule has 0 fully saturated rings. The number of rotatable bonds is 1. The van der Waals surface area contributed by atoms with Crippen LogP contribution in [0.3, 0.4) is 0 Å². The van der Waals surface area contributed by atoms with Gasteiger partial charge < -0.3 is 4.74 Å². The van der Waals surface area contributed by atoms with E-state index >= 15 is 0 Å². The first-order valence-corrected chi connectivity index (χ1v) is 4.95. The Morgan fingerprint density at radius 3 is 2.55 bits per heavy atom. The highest BCUT2D eigenvalue weighted by atomic mass is 79.9. The molecule has 60 valence electrons. The molecule has 1 rings (SSSR count). The van der Waals surface area contributed by atoms with Crippen LogP contribution in [0.25, 0.3) is 0 Å². The van der Waals surface area contributed by atoms with Crippen LogP contribution >= 0.6 is 31.9 Å². The van der Waals surface area contributed by atoms with Crippen molar-refractivity contribution in [3.05, 3.63) is 21.9 Å². The zero-order valence-electron chi connectivity index (χ0n) is 5.86. The highest BCUT2D eigenvalue weighted by Gasteiger charge is 2.26. The Hall–Kier alpha value is -0.0900. The maximum absolute atomic E-state index is 11.0. The van der Waals surface area contributed by atoms with Gasteiger partial charge in [0.25, 0.3) is 0 Å². The predicted molar refractivity (Wildman–Crippen MR) is 49.6 cm³/mol. The van der Waals surface area contributed by atoms with Gasteiger partial charge in [0.2, 0.25) is 0 Å². The highest BCUT2D eigenvalue weighted by molar-refractivity contribution is 9.12. The molecule has 4 heteroatoms. The first-order valence-electron chi connectivity index (χ1n) is 3.04. The van der Waals surface area contributed by atoms with Crippen molar-refractivity contribution < 1.29 is 9.53 Å². The van der Waals surface area contributed by atoms with E-state index < -0.39 is 0 Å². The van der Waals surface area contributed by atoms with Gasteiger partial charge in [0.15, 0.2) is 0 Å². The summed E-state index contributed by atoms with van der Waals surface area (Å²) in [7, 11) is 0. The van der Waals surface area contributed by atoms with Crippen LogP contribution in [0.5, 0.6) is 0 Å². The Morgan fingerprint density at radius 1 is 1.64 bits per heavy atom. The van der Waals surface area contributed by atoms with Crippen molar-refractivity contribution in [2.24, 2.45) is 0 Å². The molecule has 2 nitrogen and oxygen atoms in total. The van der Waals surface area contributed by atoms with Crippen molar-refractivity contribution in [3.8, 4) is 0 Å². The molecule has 0 saturated carbocycles. The second kappa shape index (κ2) is 3.54. The van der Waals surface area contributed by atoms with E-state index in [1.165, 1.54) is 0 Å². The lowest BCUT2D eigenvalue weighted by molar-refractivity contribution is -0.133. The summed E-state index contributed by atoms with van der Waals surface area (Å²) < 4.78 is 5.65. The van der Waals surface area contributed by atoms with Crippen LogP contribution in [0.15, 0.2) is 21.9 Å². The molecular formula is C7H6Br2O2. The van der Waals surface area contributed by atoms with Gasteiger partial charge in [-0.1, -0.05) is 15.9 Å². The van der Waals surface area contributed by atoms with Gasteiger partial charge in [-0.25, -0.2) is 4.79 Å². The minimum absolute atomic E-state index is 0.276. The summed E-state index contributed by atoms with van der Waals surface area (Å²) >= 11 is 6.47. The van der Waals surface area contributed by atoms with Gasteiger partial charge in [-0.05, 0) is 28.9 Å². The Labute approximate surface area is 81.6 Å². The molecule has 0 N–H and O–H groups in total. The third-order valence-electron chi connectivity index (χ3n) is 1.33. The average molecular weight is 282 g/mol. The molecule has 0 aromatic heterocycles. The van der Waals surface area contributed by atoms with Gasteiger partial charge in [0.05, 0.1) is 10.1 Å². The molecule has 1 heterocycles. The first-order chi connectivity index (χ1) is 5.20. The van der Waals surface area contributed by atoms with E-state index in [9.17, 15) is 4.79 Å². The van der Waals surface area contributed by atoms with Gasteiger partial charge in [-0.3, -0.25) is 0 Å². The molecule has 0 atom stereocenters. The Morgan fingerprint density at radius 2 is 2.27 bits per heavy atom. The van der Waals surface area contributed by atoms with Gasteiger partial charge in [0, 0.05) is 5.33 Å². The summed E-state index contributed by atoms with van der Waals surface area (Å²) in [4.78, 5) is 11.0. The van der Waals surface area contributed by atoms with Crippen LogP contribution < -0.4 is 0 Å². The fourth-order valence-corrected chi connectivity index (χ4v) is 2.24. The standard InChI is InChI=1S/C7H6Br2O2/c1-2-5-6(9)4(3-8)7(10)11-5/h2H,3H2,1H3/b5-2-. The molecule has 0 aliphatic carbocycles. The quantitative estimate of drug-likeness (QED) is 0.545. The summed E-state index contributed by atoms with van der Waals surface area (Å²) in [6.45, 7) is 1.82. The number of hydrogen-bond acceptors (Lipinski definition) is 2. The van der Waals surface area contributed by atoms with Crippen LogP contribution in [0, 0.1) is 0 Å². The smallest absolute Gasteiger partial charge is 0.341 e. The second-order valence-corrected chi connectivity index (χ2v) is 3.32. The zero-order valence-corrected chi connectivity index (χ0v) is 9.03. The Bertz CT molecular complexity index is 253. The molecule has 0 aromatic rings. The maximum Gasteiger partial charge on any atom is 0.341 e. The van der Waals surface area contributed by atoms with E-state index in [1.807, 2.05) is 6.92 Å². The largest absolute Gasteiger partial charge is 0.422 e. The van der Waals surface area contributed by atoms with E-state index in [2.05, 4.69) is 31.9 Å². The topological polar surface area (TPSA) is 26.3 Å². The Balaban J connectivity index is 3.04. The fourth-order valence-electron chi connectivity index (χ4n) is 0.743. The van der Waals surface area contributed by atoms with E-state index in [0.717, 1.165) is 4.48 Å². The summed E-state index contributed by atoms with van der Waals surface area (Å²) in [5.41, 5.74) is 0.637. The van der Waals surface area contributed by atoms with E-state index in [-0.39, 0.29) is 5.97 Å². The number of cyclic esters (lactones) is 1. The van der Waals surface area contributed by atoms with Crippen molar-refractivity contribution in [1.82, 2.24) is 0 Å². The number of ether oxygens (including phenoxy) is 1. The van der Waals surface area contributed by atoms with Crippen LogP contribution in [-0.4, -0.2) is 11.3 Å². The van der Waals surface area contributed by atoms with Crippen molar-refractivity contribution in [3.63, 3.8) is 0 Å². The van der Waals surface area contributed by atoms with Crippen LogP contribution in [0.4, 0.5) is 0 Å². The number of carbonyl (C=O) groups excluding carboxylic acids is 1. The summed E-state index contributed by atoms with van der Waals surface area (Å²) in [5.74, 6) is 0.325. The molecule has 0 aromatic carbocycles. The van der Waals surface area contributed by atoms with E-state index in [4.69, 9.17) is 4.74 Å². The number of allylic oxidation sites excluding steroid dienone is 2. The molecule has 0 unspecified atom stereocenters. The van der Waals surface area contributed by atoms with Crippen LogP contribution in [0.2, 0.25) is 0 Å². The van der Waals surface area contributed by atoms with Gasteiger partial charge >= 0.3 is 5.97 Å². The molecule has 11 heavy (non-hydrogen) atoms. The van der Waals surface area contributed by atoms with E-state index in [0.29, 0.717) is 16.7 Å². The molecule has 0 bridgehead atoms. The van der Waals surface area contributed by atoms with Gasteiger partial charge in [-0.15, -0.1) is 0 Å². The lowest BCUT2D eigenvalue weighted by atomic mass is 10.3. The zero-order chi connectivity index (χ0) is 8.43. The molecule has 0 spiro atoms. The van der Waals surface area contributed by atoms with Gasteiger partial charge in [0.1, 0.15) is 5.76 Å². The molecule has 0 saturated heterocycles. The lowest BCUT2D eigenvalue weighted by Gasteiger charge is -1.92. The maximum atomic E-state index is 11.0. The van der Waals surface area contributed by atoms with Crippen molar-refractivity contribution in [1.29, 1.82) is 0 Å². The van der Waals surface area contributed by atoms with Crippen molar-refractivity contribution in [2.45, 2.75) is 6.92 Å². The minimum Gasteiger partial charge on any atom is -0.422 e. The highest BCUT2D eigenvalue weighted by Crippen LogP contribution is 2.31. The number of halogens is 2. The molecule has 1 aliphatic rings. The monoisotopic (exact) mass is 280 g/mol. The van der Waals surface area contributed by atoms with Gasteiger partial charge in [-0.2, -0.15) is 0 Å². The molecular weight excluding hydrogens is 276 g/mol. The number of carbonyl (C=O) groups is 1. The third-order valence-corrected chi connectivity index (χ3v) is 2.76.